The van der Waals surface area contributed by atoms with Crippen molar-refractivity contribution in [2.24, 2.45) is 5.14 Å². The molecule has 0 saturated heterocycles. The minimum absolute atomic E-state index is 0.0128. The Kier molecular flexibility index (Phi) is 6.93. The molecule has 0 aliphatic carbocycles. The van der Waals surface area contributed by atoms with Crippen LogP contribution in [0, 0.1) is 25.2 Å². The van der Waals surface area contributed by atoms with Gasteiger partial charge in [-0.05, 0) is 62.9 Å². The third kappa shape index (κ3) is 4.65. The fourth-order valence-corrected chi connectivity index (χ4v) is 4.76. The van der Waals surface area contributed by atoms with Gasteiger partial charge in [-0.1, -0.05) is 0 Å². The van der Waals surface area contributed by atoms with Gasteiger partial charge in [0.15, 0.2) is 0 Å². The van der Waals surface area contributed by atoms with Gasteiger partial charge < -0.3 is 19.5 Å². The highest BCUT2D eigenvalue weighted by atomic mass is 32.2. The van der Waals surface area contributed by atoms with Gasteiger partial charge in [0.25, 0.3) is 0 Å². The van der Waals surface area contributed by atoms with Gasteiger partial charge >= 0.3 is 0 Å². The maximum absolute atomic E-state index is 13.0. The molecule has 0 fully saturated rings. The van der Waals surface area contributed by atoms with Crippen LogP contribution in [0.4, 0.5) is 11.5 Å². The van der Waals surface area contributed by atoms with Gasteiger partial charge in [0, 0.05) is 37.7 Å². The van der Waals surface area contributed by atoms with Crippen molar-refractivity contribution in [3.63, 3.8) is 0 Å². The van der Waals surface area contributed by atoms with E-state index in [1.54, 1.807) is 19.2 Å². The summed E-state index contributed by atoms with van der Waals surface area (Å²) in [5.74, 6) is 0.252. The van der Waals surface area contributed by atoms with Crippen molar-refractivity contribution in [1.82, 2.24) is 4.57 Å². The number of amides is 1. The first-order valence-electron chi connectivity index (χ1n) is 10.4. The van der Waals surface area contributed by atoms with E-state index in [9.17, 15) is 18.5 Å². The minimum atomic E-state index is -3.79. The van der Waals surface area contributed by atoms with Gasteiger partial charge in [0.2, 0.25) is 15.9 Å². The number of anilines is 2. The zero-order valence-electron chi connectivity index (χ0n) is 18.8. The second kappa shape index (κ2) is 9.32. The van der Waals surface area contributed by atoms with Crippen LogP contribution in [0.1, 0.15) is 35.7 Å². The lowest BCUT2D eigenvalue weighted by atomic mass is 10.1. The largest absolute Gasteiger partial charge is 0.385 e. The third-order valence-electron chi connectivity index (χ3n) is 5.98. The van der Waals surface area contributed by atoms with Crippen molar-refractivity contribution in [2.45, 2.75) is 51.1 Å². The van der Waals surface area contributed by atoms with Gasteiger partial charge in [-0.2, -0.15) is 5.26 Å². The number of carbonyl (C=O) groups excluding carboxylic acids is 1. The van der Waals surface area contributed by atoms with Crippen molar-refractivity contribution in [3.8, 4) is 6.07 Å². The number of aromatic nitrogens is 1. The van der Waals surface area contributed by atoms with Crippen molar-refractivity contribution in [3.05, 3.63) is 40.6 Å². The monoisotopic (exact) mass is 459 g/mol. The summed E-state index contributed by atoms with van der Waals surface area (Å²) in [6.07, 6.45) is 1.36. The molecule has 32 heavy (non-hydrogen) atoms. The summed E-state index contributed by atoms with van der Waals surface area (Å²) in [4.78, 5) is 15.0. The molecule has 0 saturated carbocycles. The van der Waals surface area contributed by atoms with Crippen LogP contribution in [0.5, 0.6) is 0 Å². The first-order chi connectivity index (χ1) is 15.1. The number of nitrogens with one attached hydrogen (secondary N) is 1. The first kappa shape index (κ1) is 23.8. The summed E-state index contributed by atoms with van der Waals surface area (Å²) in [5, 5.41) is 17.8. The topological polar surface area (TPSA) is 130 Å². The van der Waals surface area contributed by atoms with Crippen LogP contribution in [-0.4, -0.2) is 45.2 Å². The third-order valence-corrected chi connectivity index (χ3v) is 6.89. The van der Waals surface area contributed by atoms with E-state index in [2.05, 4.69) is 11.4 Å². The lowest BCUT2D eigenvalue weighted by Gasteiger charge is -2.24. The second-order valence-electron chi connectivity index (χ2n) is 8.11. The van der Waals surface area contributed by atoms with E-state index >= 15 is 0 Å². The molecule has 10 heteroatoms. The molecule has 0 spiro atoms. The number of hydrogen-bond acceptors (Lipinski definition) is 6. The number of nitrogens with two attached hydrogens (primary N) is 1. The quantitative estimate of drug-likeness (QED) is 0.581. The van der Waals surface area contributed by atoms with E-state index in [1.807, 2.05) is 30.2 Å². The highest BCUT2D eigenvalue weighted by Crippen LogP contribution is 2.34. The van der Waals surface area contributed by atoms with Crippen LogP contribution in [0.25, 0.3) is 0 Å². The Morgan fingerprint density at radius 3 is 2.72 bits per heavy atom. The Hall–Kier alpha value is -2.87. The van der Waals surface area contributed by atoms with E-state index < -0.39 is 10.0 Å². The number of ether oxygens (including phenoxy) is 1. The number of nitriles is 1. The number of carbonyl (C=O) groups is 1. The predicted molar refractivity (Wildman–Crippen MR) is 122 cm³/mol. The molecule has 1 unspecified atom stereocenters. The molecule has 3 N–H and O–H groups in total. The molecule has 1 aliphatic rings. The second-order valence-corrected chi connectivity index (χ2v) is 9.67. The zero-order valence-corrected chi connectivity index (χ0v) is 19.6. The fourth-order valence-electron chi connectivity index (χ4n) is 4.19. The van der Waals surface area contributed by atoms with Crippen molar-refractivity contribution in [1.29, 1.82) is 5.26 Å². The molecule has 9 nitrogen and oxygen atoms in total. The molecule has 1 aromatic heterocycles. The lowest BCUT2D eigenvalue weighted by molar-refractivity contribution is -0.115. The number of sulfonamides is 1. The summed E-state index contributed by atoms with van der Waals surface area (Å²) in [7, 11) is -2.15. The molecule has 2 aromatic rings. The highest BCUT2D eigenvalue weighted by Gasteiger charge is 2.29. The summed E-state index contributed by atoms with van der Waals surface area (Å²) >= 11 is 0. The number of benzene rings is 1. The average molecular weight is 460 g/mol. The van der Waals surface area contributed by atoms with Crippen LogP contribution >= 0.6 is 0 Å². The smallest absolute Gasteiger partial charge is 0.245 e. The molecular weight excluding hydrogens is 430 g/mol. The SMILES string of the molecule is COCCCn1c(C)c(C)c(C#N)c1NC(=O)CN1c2ccc(S(N)(=O)=O)cc2CC1C. The fraction of sp³-hybridized carbons (Fsp3) is 0.455. The minimum Gasteiger partial charge on any atom is -0.385 e. The molecule has 2 heterocycles. The van der Waals surface area contributed by atoms with Gasteiger partial charge in [-0.3, -0.25) is 4.79 Å². The summed E-state index contributed by atoms with van der Waals surface area (Å²) < 4.78 is 30.4. The maximum atomic E-state index is 13.0. The summed E-state index contributed by atoms with van der Waals surface area (Å²) in [6, 6.07) is 6.94. The Morgan fingerprint density at radius 1 is 1.38 bits per heavy atom. The highest BCUT2D eigenvalue weighted by molar-refractivity contribution is 7.89. The lowest BCUT2D eigenvalue weighted by Crippen LogP contribution is -2.37. The standard InChI is InChI=1S/C22H29N5O4S/c1-14-10-17-11-18(32(24,29)30)6-7-20(17)27(14)13-21(28)25-22-19(12-23)15(2)16(3)26(22)8-5-9-31-4/h6-7,11,14H,5,8-10,13H2,1-4H3,(H,25,28)(H2,24,29,30). The molecular formula is C22H29N5O4S. The Balaban J connectivity index is 1.83. The van der Waals surface area contributed by atoms with E-state index in [-0.39, 0.29) is 23.4 Å². The summed E-state index contributed by atoms with van der Waals surface area (Å²) in [6.45, 7) is 7.06. The molecule has 1 atom stereocenters. The number of primary sulfonamides is 1. The van der Waals surface area contributed by atoms with Crippen LogP contribution < -0.4 is 15.4 Å². The Bertz CT molecular complexity index is 1180. The average Bonchev–Trinajstić information content (AvgIpc) is 3.15. The zero-order chi connectivity index (χ0) is 23.6. The van der Waals surface area contributed by atoms with Gasteiger partial charge in [-0.15, -0.1) is 0 Å². The van der Waals surface area contributed by atoms with E-state index in [1.165, 1.54) is 6.07 Å². The molecule has 1 amide bonds. The van der Waals surface area contributed by atoms with Crippen molar-refractivity contribution >= 4 is 27.4 Å². The molecule has 1 aliphatic heterocycles. The molecule has 3 rings (SSSR count). The van der Waals surface area contributed by atoms with E-state index in [0.29, 0.717) is 31.0 Å². The maximum Gasteiger partial charge on any atom is 0.245 e. The Morgan fingerprint density at radius 2 is 2.09 bits per heavy atom. The number of methoxy groups -OCH3 is 1. The van der Waals surface area contributed by atoms with Gasteiger partial charge in [0.05, 0.1) is 17.0 Å². The number of nitrogens with zero attached hydrogens (tertiary/aromatic N) is 3. The normalized spacial score (nSPS) is 15.5. The van der Waals surface area contributed by atoms with Crippen LogP contribution in [0.3, 0.4) is 0 Å². The molecule has 172 valence electrons. The first-order valence-corrected chi connectivity index (χ1v) is 11.9. The van der Waals surface area contributed by atoms with E-state index in [4.69, 9.17) is 9.88 Å². The van der Waals surface area contributed by atoms with Crippen molar-refractivity contribution < 1.29 is 17.9 Å². The van der Waals surface area contributed by atoms with Crippen molar-refractivity contribution in [2.75, 3.05) is 30.5 Å². The van der Waals surface area contributed by atoms with Crippen LogP contribution in [-0.2, 0) is 32.5 Å². The number of rotatable bonds is 8. The summed E-state index contributed by atoms with van der Waals surface area (Å²) in [5.41, 5.74) is 3.88. The molecule has 0 bridgehead atoms. The number of hydrogen-bond donors (Lipinski definition) is 2. The molecule has 1 aromatic carbocycles. The van der Waals surface area contributed by atoms with Crippen LogP contribution in [0.2, 0.25) is 0 Å². The predicted octanol–water partition coefficient (Wildman–Crippen LogP) is 2.05. The molecule has 0 radical (unpaired) electrons. The van der Waals surface area contributed by atoms with Gasteiger partial charge in [0.1, 0.15) is 11.9 Å². The van der Waals surface area contributed by atoms with E-state index in [0.717, 1.165) is 28.9 Å². The van der Waals surface area contributed by atoms with Crippen LogP contribution in [0.15, 0.2) is 23.1 Å². The number of fused-ring (bicyclic) bond motifs is 1. The Labute approximate surface area is 188 Å². The van der Waals surface area contributed by atoms with Gasteiger partial charge in [-0.25, -0.2) is 13.6 Å².